The molecule has 5 rings (SSSR count). The lowest BCUT2D eigenvalue weighted by molar-refractivity contribution is -0.115. The Labute approximate surface area is 189 Å². The molecule has 0 aliphatic heterocycles. The highest BCUT2D eigenvalue weighted by molar-refractivity contribution is 5.92. The molecule has 33 heavy (non-hydrogen) atoms. The van der Waals surface area contributed by atoms with E-state index in [1.807, 2.05) is 78.9 Å². The van der Waals surface area contributed by atoms with Gasteiger partial charge >= 0.3 is 0 Å². The van der Waals surface area contributed by atoms with E-state index in [1.165, 1.54) is 0 Å². The minimum absolute atomic E-state index is 0.0972. The van der Waals surface area contributed by atoms with Crippen LogP contribution in [0, 0.1) is 0 Å². The number of hydrogen-bond donors (Lipinski definition) is 1. The standard InChI is InChI=1S/C25H20N6O2/c1-33-20-6-4-5-17(15-20)16-24(32)27-19-10-8-18(9-11-19)21-12-13-23-28-29-25(31(23)30-21)22-7-2-3-14-26-22/h2-15H,16H2,1H3,(H,27,32). The van der Waals surface area contributed by atoms with E-state index in [4.69, 9.17) is 9.84 Å². The second kappa shape index (κ2) is 8.88. The molecular weight excluding hydrogens is 416 g/mol. The van der Waals surface area contributed by atoms with E-state index < -0.39 is 0 Å². The molecule has 2 aromatic carbocycles. The first-order valence-corrected chi connectivity index (χ1v) is 10.4. The number of methoxy groups -OCH3 is 1. The van der Waals surface area contributed by atoms with E-state index in [0.29, 0.717) is 22.9 Å². The van der Waals surface area contributed by atoms with Crippen LogP contribution in [0.25, 0.3) is 28.4 Å². The summed E-state index contributed by atoms with van der Waals surface area (Å²) in [7, 11) is 1.61. The zero-order chi connectivity index (χ0) is 22.6. The highest BCUT2D eigenvalue weighted by Gasteiger charge is 2.12. The molecule has 5 aromatic rings. The molecule has 0 unspecified atom stereocenters. The Balaban J connectivity index is 1.33. The van der Waals surface area contributed by atoms with Crippen molar-refractivity contribution in [3.05, 3.63) is 90.6 Å². The molecule has 3 heterocycles. The molecular formula is C25H20N6O2. The van der Waals surface area contributed by atoms with Crippen molar-refractivity contribution in [1.82, 2.24) is 24.8 Å². The van der Waals surface area contributed by atoms with Crippen LogP contribution in [0.3, 0.4) is 0 Å². The predicted molar refractivity (Wildman–Crippen MR) is 125 cm³/mol. The lowest BCUT2D eigenvalue weighted by atomic mass is 10.1. The second-order valence-corrected chi connectivity index (χ2v) is 7.38. The van der Waals surface area contributed by atoms with Gasteiger partial charge in [0.2, 0.25) is 11.7 Å². The van der Waals surface area contributed by atoms with Gasteiger partial charge in [-0.2, -0.15) is 9.61 Å². The quantitative estimate of drug-likeness (QED) is 0.432. The molecule has 8 nitrogen and oxygen atoms in total. The van der Waals surface area contributed by atoms with Gasteiger partial charge in [0.05, 0.1) is 19.2 Å². The first-order chi connectivity index (χ1) is 16.2. The third-order valence-corrected chi connectivity index (χ3v) is 5.12. The highest BCUT2D eigenvalue weighted by Crippen LogP contribution is 2.22. The molecule has 1 N–H and O–H groups in total. The van der Waals surface area contributed by atoms with Crippen molar-refractivity contribution in [2.75, 3.05) is 12.4 Å². The van der Waals surface area contributed by atoms with Gasteiger partial charge in [-0.15, -0.1) is 10.2 Å². The molecule has 0 saturated carbocycles. The topological polar surface area (TPSA) is 94.3 Å². The van der Waals surface area contributed by atoms with Crippen molar-refractivity contribution < 1.29 is 9.53 Å². The van der Waals surface area contributed by atoms with Crippen LogP contribution < -0.4 is 10.1 Å². The average molecular weight is 436 g/mol. The number of anilines is 1. The van der Waals surface area contributed by atoms with Gasteiger partial charge in [0.15, 0.2) is 5.65 Å². The van der Waals surface area contributed by atoms with Crippen LogP contribution in [0.15, 0.2) is 85.1 Å². The molecule has 0 spiro atoms. The third kappa shape index (κ3) is 4.40. The average Bonchev–Trinajstić information content (AvgIpc) is 3.28. The van der Waals surface area contributed by atoms with Crippen LogP contribution in [0.2, 0.25) is 0 Å². The smallest absolute Gasteiger partial charge is 0.228 e. The number of nitrogens with zero attached hydrogens (tertiary/aromatic N) is 5. The summed E-state index contributed by atoms with van der Waals surface area (Å²) in [4.78, 5) is 16.8. The maximum absolute atomic E-state index is 12.4. The molecule has 8 heteroatoms. The van der Waals surface area contributed by atoms with Gasteiger partial charge < -0.3 is 10.1 Å². The highest BCUT2D eigenvalue weighted by atomic mass is 16.5. The maximum Gasteiger partial charge on any atom is 0.228 e. The Bertz CT molecular complexity index is 1410. The Kier molecular flexibility index (Phi) is 5.47. The zero-order valence-corrected chi connectivity index (χ0v) is 17.8. The van der Waals surface area contributed by atoms with Crippen LogP contribution in [0.1, 0.15) is 5.56 Å². The Hall–Kier alpha value is -4.59. The van der Waals surface area contributed by atoms with Crippen molar-refractivity contribution in [2.45, 2.75) is 6.42 Å². The van der Waals surface area contributed by atoms with Crippen LogP contribution in [0.4, 0.5) is 5.69 Å². The van der Waals surface area contributed by atoms with Gasteiger partial charge in [0, 0.05) is 17.4 Å². The lowest BCUT2D eigenvalue weighted by Crippen LogP contribution is -2.14. The molecule has 3 aromatic heterocycles. The summed E-state index contributed by atoms with van der Waals surface area (Å²) in [6, 6.07) is 24.4. The molecule has 0 bridgehead atoms. The summed E-state index contributed by atoms with van der Waals surface area (Å²) in [6.07, 6.45) is 1.97. The van der Waals surface area contributed by atoms with Gasteiger partial charge in [0.1, 0.15) is 11.4 Å². The summed E-state index contributed by atoms with van der Waals surface area (Å²) >= 11 is 0. The minimum atomic E-state index is -0.0972. The van der Waals surface area contributed by atoms with E-state index in [-0.39, 0.29) is 12.3 Å². The lowest BCUT2D eigenvalue weighted by Gasteiger charge is -2.08. The summed E-state index contributed by atoms with van der Waals surface area (Å²) in [6.45, 7) is 0. The SMILES string of the molecule is COc1cccc(CC(=O)Nc2ccc(-c3ccc4nnc(-c5ccccn5)n4n3)cc2)c1. The number of fused-ring (bicyclic) bond motifs is 1. The molecule has 0 aliphatic carbocycles. The number of carbonyl (C=O) groups is 1. The fraction of sp³-hybridized carbons (Fsp3) is 0.0800. The van der Waals surface area contributed by atoms with E-state index in [9.17, 15) is 4.79 Å². The number of carbonyl (C=O) groups excluding carboxylic acids is 1. The first kappa shape index (κ1) is 20.3. The van der Waals surface area contributed by atoms with E-state index >= 15 is 0 Å². The largest absolute Gasteiger partial charge is 0.497 e. The Morgan fingerprint density at radius 1 is 0.939 bits per heavy atom. The molecule has 0 radical (unpaired) electrons. The van der Waals surface area contributed by atoms with E-state index in [2.05, 4.69) is 20.5 Å². The number of hydrogen-bond acceptors (Lipinski definition) is 6. The van der Waals surface area contributed by atoms with Crippen molar-refractivity contribution in [3.63, 3.8) is 0 Å². The van der Waals surface area contributed by atoms with Gasteiger partial charge in [-0.25, -0.2) is 0 Å². The van der Waals surface area contributed by atoms with Crippen LogP contribution >= 0.6 is 0 Å². The minimum Gasteiger partial charge on any atom is -0.497 e. The second-order valence-electron chi connectivity index (χ2n) is 7.38. The van der Waals surface area contributed by atoms with Gasteiger partial charge in [-0.3, -0.25) is 9.78 Å². The number of nitrogens with one attached hydrogen (secondary N) is 1. The third-order valence-electron chi connectivity index (χ3n) is 5.12. The number of pyridine rings is 1. The van der Waals surface area contributed by atoms with Crippen molar-refractivity contribution in [3.8, 4) is 28.5 Å². The number of amides is 1. The molecule has 1 amide bonds. The van der Waals surface area contributed by atoms with Crippen molar-refractivity contribution >= 4 is 17.2 Å². The zero-order valence-electron chi connectivity index (χ0n) is 17.8. The van der Waals surface area contributed by atoms with Crippen LogP contribution in [0.5, 0.6) is 5.75 Å². The van der Waals surface area contributed by atoms with E-state index in [1.54, 1.807) is 17.8 Å². The summed E-state index contributed by atoms with van der Waals surface area (Å²) in [5, 5.41) is 16.0. The maximum atomic E-state index is 12.4. The normalized spacial score (nSPS) is 10.8. The molecule has 0 atom stereocenters. The fourth-order valence-corrected chi connectivity index (χ4v) is 3.49. The predicted octanol–water partition coefficient (Wildman–Crippen LogP) is 4.04. The molecule has 0 aliphatic rings. The van der Waals surface area contributed by atoms with Crippen LogP contribution in [-0.2, 0) is 11.2 Å². The molecule has 0 fully saturated rings. The Morgan fingerprint density at radius 2 is 1.82 bits per heavy atom. The summed E-state index contributed by atoms with van der Waals surface area (Å²) in [5.74, 6) is 1.21. The van der Waals surface area contributed by atoms with Crippen LogP contribution in [-0.4, -0.2) is 37.8 Å². The molecule has 162 valence electrons. The first-order valence-electron chi connectivity index (χ1n) is 10.4. The van der Waals surface area contributed by atoms with E-state index in [0.717, 1.165) is 22.6 Å². The monoisotopic (exact) mass is 436 g/mol. The number of ether oxygens (including phenoxy) is 1. The fourth-order valence-electron chi connectivity index (χ4n) is 3.49. The number of rotatable bonds is 6. The Morgan fingerprint density at radius 3 is 2.61 bits per heavy atom. The van der Waals surface area contributed by atoms with Crippen molar-refractivity contribution in [1.29, 1.82) is 0 Å². The summed E-state index contributed by atoms with van der Waals surface area (Å²) in [5.41, 5.74) is 4.60. The summed E-state index contributed by atoms with van der Waals surface area (Å²) < 4.78 is 6.90. The van der Waals surface area contributed by atoms with Gasteiger partial charge in [-0.05, 0) is 54.1 Å². The van der Waals surface area contributed by atoms with Gasteiger partial charge in [0.25, 0.3) is 0 Å². The molecule has 0 saturated heterocycles. The van der Waals surface area contributed by atoms with Crippen molar-refractivity contribution in [2.24, 2.45) is 0 Å². The number of aromatic nitrogens is 5. The van der Waals surface area contributed by atoms with Gasteiger partial charge in [-0.1, -0.05) is 30.3 Å². The number of benzene rings is 2.